The van der Waals surface area contributed by atoms with Crippen molar-refractivity contribution >= 4 is 11.4 Å². The molecule has 1 aliphatic carbocycles. The van der Waals surface area contributed by atoms with Crippen molar-refractivity contribution in [2.45, 2.75) is 37.5 Å². The number of nitrogens with zero attached hydrogens (tertiary/aromatic N) is 1. The highest BCUT2D eigenvalue weighted by Gasteiger charge is 2.43. The molecule has 1 heterocycles. The molecular weight excluding hydrogens is 196 g/mol. The van der Waals surface area contributed by atoms with Gasteiger partial charge < -0.3 is 5.73 Å². The van der Waals surface area contributed by atoms with Gasteiger partial charge in [-0.15, -0.1) is 0 Å². The van der Waals surface area contributed by atoms with Gasteiger partial charge in [0.25, 0.3) is 0 Å². The summed E-state index contributed by atoms with van der Waals surface area (Å²) in [7, 11) is 0. The molecule has 0 saturated heterocycles. The quantitative estimate of drug-likeness (QED) is 0.807. The van der Waals surface area contributed by atoms with Gasteiger partial charge in [0.05, 0.1) is 5.69 Å². The molecule has 1 atom stereocenters. The summed E-state index contributed by atoms with van der Waals surface area (Å²) in [6.45, 7) is 0.757. The van der Waals surface area contributed by atoms with Gasteiger partial charge in [-0.25, -0.2) is 0 Å². The van der Waals surface area contributed by atoms with Crippen molar-refractivity contribution in [2.24, 2.45) is 10.7 Å². The van der Waals surface area contributed by atoms with Crippen molar-refractivity contribution < 1.29 is 0 Å². The number of hydrogen-bond donors (Lipinski definition) is 1. The van der Waals surface area contributed by atoms with Gasteiger partial charge in [0.15, 0.2) is 0 Å². The van der Waals surface area contributed by atoms with Gasteiger partial charge in [-0.2, -0.15) is 0 Å². The zero-order valence-electron chi connectivity index (χ0n) is 9.58. The van der Waals surface area contributed by atoms with Crippen LogP contribution in [0, 0.1) is 0 Å². The van der Waals surface area contributed by atoms with E-state index in [4.69, 9.17) is 10.7 Å². The van der Waals surface area contributed by atoms with Crippen molar-refractivity contribution in [1.29, 1.82) is 0 Å². The van der Waals surface area contributed by atoms with Gasteiger partial charge in [-0.3, -0.25) is 4.99 Å². The summed E-state index contributed by atoms with van der Waals surface area (Å²) in [5, 5.41) is 0. The minimum absolute atomic E-state index is 0.198. The summed E-state index contributed by atoms with van der Waals surface area (Å²) < 4.78 is 0. The Morgan fingerprint density at radius 3 is 3.00 bits per heavy atom. The Kier molecular flexibility index (Phi) is 2.32. The molecule has 1 unspecified atom stereocenters. The molecule has 0 bridgehead atoms. The largest absolute Gasteiger partial charge is 0.330 e. The summed E-state index contributed by atoms with van der Waals surface area (Å²) in [5.74, 6) is 0. The highest BCUT2D eigenvalue weighted by atomic mass is 14.8. The maximum Gasteiger partial charge on any atom is 0.0670 e. The molecule has 1 saturated carbocycles. The zero-order chi connectivity index (χ0) is 11.0. The van der Waals surface area contributed by atoms with Crippen molar-refractivity contribution in [2.75, 3.05) is 6.54 Å². The minimum Gasteiger partial charge on any atom is -0.330 e. The molecule has 16 heavy (non-hydrogen) atoms. The normalized spacial score (nSPS) is 27.2. The van der Waals surface area contributed by atoms with Gasteiger partial charge in [0, 0.05) is 11.1 Å². The average molecular weight is 214 g/mol. The van der Waals surface area contributed by atoms with Crippen LogP contribution in [0.3, 0.4) is 0 Å². The molecule has 2 nitrogen and oxygen atoms in total. The van der Waals surface area contributed by atoms with E-state index in [0.717, 1.165) is 19.4 Å². The Bertz CT molecular complexity index is 432. The number of para-hydroxylation sites is 1. The number of fused-ring (bicyclic) bond motifs is 3. The molecule has 84 valence electrons. The van der Waals surface area contributed by atoms with E-state index in [9.17, 15) is 0 Å². The Morgan fingerprint density at radius 1 is 1.25 bits per heavy atom. The third-order valence-electron chi connectivity index (χ3n) is 4.07. The monoisotopic (exact) mass is 214 g/mol. The maximum atomic E-state index is 5.81. The van der Waals surface area contributed by atoms with Crippen LogP contribution in [0.25, 0.3) is 0 Å². The van der Waals surface area contributed by atoms with Gasteiger partial charge in [-0.1, -0.05) is 24.6 Å². The summed E-state index contributed by atoms with van der Waals surface area (Å²) in [6.07, 6.45) is 6.06. The van der Waals surface area contributed by atoms with Crippen LogP contribution < -0.4 is 5.73 Å². The fourth-order valence-corrected chi connectivity index (χ4v) is 3.33. The van der Waals surface area contributed by atoms with Gasteiger partial charge in [0.1, 0.15) is 0 Å². The number of nitrogens with two attached hydrogens (primary N) is 1. The lowest BCUT2D eigenvalue weighted by atomic mass is 9.67. The van der Waals surface area contributed by atoms with E-state index in [-0.39, 0.29) is 5.41 Å². The Morgan fingerprint density at radius 2 is 2.12 bits per heavy atom. The summed E-state index contributed by atoms with van der Waals surface area (Å²) in [6, 6.07) is 8.59. The first kappa shape index (κ1) is 10.0. The van der Waals surface area contributed by atoms with Gasteiger partial charge in [0.2, 0.25) is 0 Å². The second kappa shape index (κ2) is 3.70. The molecular formula is C14H18N2. The molecule has 1 aromatic carbocycles. The van der Waals surface area contributed by atoms with Crippen LogP contribution in [0.5, 0.6) is 0 Å². The van der Waals surface area contributed by atoms with Crippen LogP contribution in [0.2, 0.25) is 0 Å². The molecule has 1 aromatic rings. The molecule has 0 radical (unpaired) electrons. The topological polar surface area (TPSA) is 38.4 Å². The molecule has 0 aromatic heterocycles. The lowest BCUT2D eigenvalue weighted by Crippen LogP contribution is -2.38. The third-order valence-corrected chi connectivity index (χ3v) is 4.07. The molecule has 1 aliphatic heterocycles. The van der Waals surface area contributed by atoms with E-state index in [1.54, 1.807) is 0 Å². The minimum atomic E-state index is 0.198. The molecule has 2 N–H and O–H groups in total. The van der Waals surface area contributed by atoms with Crippen molar-refractivity contribution in [3.63, 3.8) is 0 Å². The van der Waals surface area contributed by atoms with Gasteiger partial charge >= 0.3 is 0 Å². The smallest absolute Gasteiger partial charge is 0.0670 e. The molecule has 1 fully saturated rings. The summed E-state index contributed by atoms with van der Waals surface area (Å²) in [5.41, 5.74) is 10.0. The molecule has 0 spiro atoms. The van der Waals surface area contributed by atoms with E-state index in [0.29, 0.717) is 0 Å². The first-order chi connectivity index (χ1) is 7.87. The standard InChI is InChI=1S/C14H18N2/c15-10-9-14-8-4-3-7-13(14)16-12-6-2-1-5-11(12)14/h1-2,5-6H,3-4,7-10,15H2. The van der Waals surface area contributed by atoms with E-state index >= 15 is 0 Å². The fourth-order valence-electron chi connectivity index (χ4n) is 3.33. The van der Waals surface area contributed by atoms with Crippen LogP contribution in [0.4, 0.5) is 5.69 Å². The Hall–Kier alpha value is -1.15. The van der Waals surface area contributed by atoms with Gasteiger partial charge in [-0.05, 0) is 43.9 Å². The number of hydrogen-bond acceptors (Lipinski definition) is 2. The van der Waals surface area contributed by atoms with Crippen LogP contribution >= 0.6 is 0 Å². The molecule has 3 rings (SSSR count). The molecule has 2 aliphatic rings. The maximum absolute atomic E-state index is 5.81. The van der Waals surface area contributed by atoms with E-state index in [1.165, 1.54) is 36.2 Å². The first-order valence-electron chi connectivity index (χ1n) is 6.24. The van der Waals surface area contributed by atoms with Crippen molar-refractivity contribution in [3.8, 4) is 0 Å². The van der Waals surface area contributed by atoms with E-state index < -0.39 is 0 Å². The van der Waals surface area contributed by atoms with Crippen molar-refractivity contribution in [1.82, 2.24) is 0 Å². The average Bonchev–Trinajstić information content (AvgIpc) is 2.64. The third kappa shape index (κ3) is 1.26. The summed E-state index contributed by atoms with van der Waals surface area (Å²) in [4.78, 5) is 4.83. The lowest BCUT2D eigenvalue weighted by Gasteiger charge is -2.35. The number of benzene rings is 1. The highest BCUT2D eigenvalue weighted by Crippen LogP contribution is 2.48. The van der Waals surface area contributed by atoms with Crippen LogP contribution in [-0.4, -0.2) is 12.3 Å². The predicted molar refractivity (Wildman–Crippen MR) is 67.4 cm³/mol. The van der Waals surface area contributed by atoms with Crippen molar-refractivity contribution in [3.05, 3.63) is 29.8 Å². The fraction of sp³-hybridized carbons (Fsp3) is 0.500. The highest BCUT2D eigenvalue weighted by molar-refractivity contribution is 6.02. The SMILES string of the molecule is NCCC12CCCCC1=Nc1ccccc12. The lowest BCUT2D eigenvalue weighted by molar-refractivity contribution is 0.439. The Balaban J connectivity index is 2.12. The molecule has 0 amide bonds. The van der Waals surface area contributed by atoms with Crippen LogP contribution in [-0.2, 0) is 5.41 Å². The predicted octanol–water partition coefficient (Wildman–Crippen LogP) is 2.93. The first-order valence-corrected chi connectivity index (χ1v) is 6.24. The van der Waals surface area contributed by atoms with Crippen LogP contribution in [0.1, 0.15) is 37.7 Å². The van der Waals surface area contributed by atoms with E-state index in [2.05, 4.69) is 24.3 Å². The van der Waals surface area contributed by atoms with Crippen LogP contribution in [0.15, 0.2) is 29.3 Å². The van der Waals surface area contributed by atoms with E-state index in [1.807, 2.05) is 0 Å². The second-order valence-electron chi connectivity index (χ2n) is 4.90. The zero-order valence-corrected chi connectivity index (χ0v) is 9.58. The Labute approximate surface area is 96.6 Å². The second-order valence-corrected chi connectivity index (χ2v) is 4.90. The molecule has 2 heteroatoms. The number of aliphatic imine (C=N–C) groups is 1. The summed E-state index contributed by atoms with van der Waals surface area (Å²) >= 11 is 0. The number of rotatable bonds is 2.